The minimum atomic E-state index is -1.25. The second-order valence-corrected chi connectivity index (χ2v) is 6.93. The maximum atomic E-state index is 13.2. The van der Waals surface area contributed by atoms with Gasteiger partial charge in [0.05, 0.1) is 19.5 Å². The lowest BCUT2D eigenvalue weighted by atomic mass is 10.1. The number of furan rings is 1. The lowest BCUT2D eigenvalue weighted by Crippen LogP contribution is -2.36. The molecule has 0 bridgehead atoms. The lowest BCUT2D eigenvalue weighted by molar-refractivity contribution is 0.104. The van der Waals surface area contributed by atoms with Crippen LogP contribution in [0, 0.1) is 0 Å². The van der Waals surface area contributed by atoms with Gasteiger partial charge in [0.15, 0.2) is 10.9 Å². The molecule has 4 heterocycles. The number of ether oxygens (including phenoxy) is 1. The second kappa shape index (κ2) is 7.79. The van der Waals surface area contributed by atoms with E-state index in [2.05, 4.69) is 20.2 Å². The number of carbonyl (C=O) groups excluding carboxylic acids is 1. The molecule has 3 aromatic rings. The van der Waals surface area contributed by atoms with Crippen molar-refractivity contribution >= 4 is 34.2 Å². The molecule has 0 aliphatic carbocycles. The third-order valence-corrected chi connectivity index (χ3v) is 5.11. The number of carboxylic acid groups (broad SMARTS) is 1. The Morgan fingerprint density at radius 1 is 1.25 bits per heavy atom. The second-order valence-electron chi connectivity index (χ2n) is 5.94. The molecule has 1 amide bonds. The molecule has 1 fully saturated rings. The molecule has 0 unspecified atom stereocenters. The van der Waals surface area contributed by atoms with Gasteiger partial charge < -0.3 is 19.2 Å². The van der Waals surface area contributed by atoms with Crippen molar-refractivity contribution in [3.8, 4) is 11.5 Å². The Labute approximate surface area is 163 Å². The summed E-state index contributed by atoms with van der Waals surface area (Å²) in [5, 5.41) is 11.3. The van der Waals surface area contributed by atoms with Crippen LogP contribution >= 0.6 is 11.3 Å². The van der Waals surface area contributed by atoms with Gasteiger partial charge >= 0.3 is 6.09 Å². The zero-order chi connectivity index (χ0) is 19.5. The first-order valence-corrected chi connectivity index (χ1v) is 9.31. The summed E-state index contributed by atoms with van der Waals surface area (Å²) >= 11 is 0.964. The smallest absolute Gasteiger partial charge is 0.410 e. The van der Waals surface area contributed by atoms with Crippen LogP contribution in [0.25, 0.3) is 11.5 Å². The number of ketones is 1. The molecule has 0 radical (unpaired) electrons. The average molecular weight is 400 g/mol. The Balaban J connectivity index is 1.69. The highest BCUT2D eigenvalue weighted by Crippen LogP contribution is 2.33. The van der Waals surface area contributed by atoms with Crippen LogP contribution in [0.1, 0.15) is 15.2 Å². The molecule has 1 aliphatic rings. The van der Waals surface area contributed by atoms with Crippen molar-refractivity contribution in [2.75, 3.05) is 36.5 Å². The summed E-state index contributed by atoms with van der Waals surface area (Å²) in [6.45, 7) is 2.63. The van der Waals surface area contributed by atoms with Crippen LogP contribution in [-0.4, -0.2) is 53.3 Å². The van der Waals surface area contributed by atoms with Crippen LogP contribution in [0.2, 0.25) is 0 Å². The van der Waals surface area contributed by atoms with Gasteiger partial charge in [-0.25, -0.2) is 14.8 Å². The SMILES string of the molecule is O=C(O)Nc1nc(-c2ccco2)c(C(=O)c2ccnc(N3CCOCC3)c2)s1. The molecule has 3 aromatic heterocycles. The highest BCUT2D eigenvalue weighted by Gasteiger charge is 2.24. The van der Waals surface area contributed by atoms with Crippen LogP contribution < -0.4 is 10.2 Å². The monoisotopic (exact) mass is 400 g/mol. The van der Waals surface area contributed by atoms with Crippen LogP contribution in [0.4, 0.5) is 15.7 Å². The van der Waals surface area contributed by atoms with Crippen LogP contribution in [0.15, 0.2) is 41.1 Å². The minimum Gasteiger partial charge on any atom is -0.465 e. The molecular formula is C18H16N4O5S. The molecule has 28 heavy (non-hydrogen) atoms. The van der Waals surface area contributed by atoms with Gasteiger partial charge in [0, 0.05) is 24.8 Å². The van der Waals surface area contributed by atoms with Crippen molar-refractivity contribution in [2.45, 2.75) is 0 Å². The van der Waals surface area contributed by atoms with E-state index in [0.717, 1.165) is 11.3 Å². The lowest BCUT2D eigenvalue weighted by Gasteiger charge is -2.27. The number of carbonyl (C=O) groups is 2. The van der Waals surface area contributed by atoms with Gasteiger partial charge in [0.1, 0.15) is 16.4 Å². The van der Waals surface area contributed by atoms with Crippen LogP contribution in [0.5, 0.6) is 0 Å². The van der Waals surface area contributed by atoms with Crippen LogP contribution in [0.3, 0.4) is 0 Å². The summed E-state index contributed by atoms with van der Waals surface area (Å²) in [5.41, 5.74) is 0.739. The fourth-order valence-corrected chi connectivity index (χ4v) is 3.78. The first-order chi connectivity index (χ1) is 13.6. The number of hydrogen-bond donors (Lipinski definition) is 2. The summed E-state index contributed by atoms with van der Waals surface area (Å²) in [4.78, 5) is 35.1. The highest BCUT2D eigenvalue weighted by atomic mass is 32.1. The molecule has 0 saturated carbocycles. The van der Waals surface area contributed by atoms with E-state index in [4.69, 9.17) is 14.3 Å². The van der Waals surface area contributed by atoms with E-state index in [9.17, 15) is 9.59 Å². The number of nitrogens with one attached hydrogen (secondary N) is 1. The van der Waals surface area contributed by atoms with Gasteiger partial charge in [-0.2, -0.15) is 0 Å². The Morgan fingerprint density at radius 3 is 2.79 bits per heavy atom. The van der Waals surface area contributed by atoms with E-state index < -0.39 is 6.09 Å². The predicted octanol–water partition coefficient (Wildman–Crippen LogP) is 2.96. The Kier molecular flexibility index (Phi) is 5.04. The average Bonchev–Trinajstić information content (AvgIpc) is 3.37. The molecule has 1 saturated heterocycles. The number of nitrogens with zero attached hydrogens (tertiary/aromatic N) is 3. The predicted molar refractivity (Wildman–Crippen MR) is 102 cm³/mol. The van der Waals surface area contributed by atoms with Crippen molar-refractivity contribution in [1.29, 1.82) is 0 Å². The van der Waals surface area contributed by atoms with E-state index in [1.807, 2.05) is 0 Å². The normalized spacial score (nSPS) is 14.1. The van der Waals surface area contributed by atoms with Crippen molar-refractivity contribution in [3.05, 3.63) is 47.2 Å². The third-order valence-electron chi connectivity index (χ3n) is 4.14. The molecule has 1 aliphatic heterocycles. The summed E-state index contributed by atoms with van der Waals surface area (Å²) in [6.07, 6.45) is 1.80. The summed E-state index contributed by atoms with van der Waals surface area (Å²) in [6, 6.07) is 6.70. The zero-order valence-corrected chi connectivity index (χ0v) is 15.4. The molecule has 4 rings (SSSR count). The molecule has 10 heteroatoms. The topological polar surface area (TPSA) is 118 Å². The molecule has 2 N–H and O–H groups in total. The quantitative estimate of drug-likeness (QED) is 0.628. The number of pyridine rings is 1. The number of hydrogen-bond acceptors (Lipinski definition) is 8. The van der Waals surface area contributed by atoms with Crippen molar-refractivity contribution < 1.29 is 23.8 Å². The molecule has 0 aromatic carbocycles. The van der Waals surface area contributed by atoms with Gasteiger partial charge in [-0.15, -0.1) is 0 Å². The van der Waals surface area contributed by atoms with Crippen molar-refractivity contribution in [1.82, 2.24) is 9.97 Å². The first kappa shape index (κ1) is 18.1. The Bertz CT molecular complexity index is 995. The van der Waals surface area contributed by atoms with Gasteiger partial charge in [0.2, 0.25) is 5.78 Å². The summed E-state index contributed by atoms with van der Waals surface area (Å²) < 4.78 is 10.7. The number of amides is 1. The summed E-state index contributed by atoms with van der Waals surface area (Å²) in [5.74, 6) is 0.807. The number of aromatic nitrogens is 2. The standard InChI is InChI=1S/C18H16N4O5S/c23-15(11-3-4-19-13(10-11)22-5-8-26-9-6-22)16-14(12-2-1-7-27-12)20-17(28-16)21-18(24)25/h1-4,7,10H,5-6,8-9H2,(H,20,21)(H,24,25). The number of thiazole rings is 1. The van der Waals surface area contributed by atoms with E-state index in [0.29, 0.717) is 49.1 Å². The van der Waals surface area contributed by atoms with Gasteiger partial charge in [-0.1, -0.05) is 11.3 Å². The maximum Gasteiger partial charge on any atom is 0.410 e. The van der Waals surface area contributed by atoms with Crippen LogP contribution in [-0.2, 0) is 4.74 Å². The fraction of sp³-hybridized carbons (Fsp3) is 0.222. The largest absolute Gasteiger partial charge is 0.465 e. The van der Waals surface area contributed by atoms with E-state index in [1.165, 1.54) is 6.26 Å². The minimum absolute atomic E-state index is 0.102. The van der Waals surface area contributed by atoms with E-state index in [-0.39, 0.29) is 15.8 Å². The van der Waals surface area contributed by atoms with E-state index >= 15 is 0 Å². The molecular weight excluding hydrogens is 384 g/mol. The first-order valence-electron chi connectivity index (χ1n) is 8.50. The Hall–Kier alpha value is -3.24. The fourth-order valence-electron chi connectivity index (χ4n) is 2.86. The van der Waals surface area contributed by atoms with Gasteiger partial charge in [0.25, 0.3) is 0 Å². The van der Waals surface area contributed by atoms with E-state index in [1.54, 1.807) is 30.5 Å². The number of anilines is 2. The van der Waals surface area contributed by atoms with Crippen molar-refractivity contribution in [3.63, 3.8) is 0 Å². The van der Waals surface area contributed by atoms with Crippen molar-refractivity contribution in [2.24, 2.45) is 0 Å². The highest BCUT2D eigenvalue weighted by molar-refractivity contribution is 7.18. The molecule has 144 valence electrons. The molecule has 0 atom stereocenters. The van der Waals surface area contributed by atoms with Gasteiger partial charge in [-0.05, 0) is 24.3 Å². The Morgan fingerprint density at radius 2 is 2.07 bits per heavy atom. The zero-order valence-electron chi connectivity index (χ0n) is 14.6. The number of morpholine rings is 1. The molecule has 0 spiro atoms. The number of rotatable bonds is 5. The maximum absolute atomic E-state index is 13.2. The summed E-state index contributed by atoms with van der Waals surface area (Å²) in [7, 11) is 0. The van der Waals surface area contributed by atoms with Gasteiger partial charge in [-0.3, -0.25) is 10.1 Å². The third kappa shape index (κ3) is 3.73. The molecule has 9 nitrogen and oxygen atoms in total.